The van der Waals surface area contributed by atoms with Gasteiger partial charge in [-0.2, -0.15) is 0 Å². The van der Waals surface area contributed by atoms with Crippen LogP contribution in [0, 0.1) is 0 Å². The number of rotatable bonds is 6. The highest BCUT2D eigenvalue weighted by atomic mass is 29.7. The third kappa shape index (κ3) is 4.45. The predicted octanol–water partition coefficient (Wildman–Crippen LogP) is 5.03. The van der Waals surface area contributed by atoms with Crippen molar-refractivity contribution in [1.82, 2.24) is 0 Å². The van der Waals surface area contributed by atoms with E-state index in [1.807, 2.05) is 0 Å². The number of hydrogen-bond acceptors (Lipinski definition) is 1. The molecule has 5 heteroatoms. The Balaban J connectivity index is 5.59. The van der Waals surface area contributed by atoms with Gasteiger partial charge < -0.3 is 4.12 Å². The molecule has 0 heterocycles. The van der Waals surface area contributed by atoms with Crippen LogP contribution in [0.25, 0.3) is 0 Å². The summed E-state index contributed by atoms with van der Waals surface area (Å²) in [6, 6.07) is 1.41. The maximum absolute atomic E-state index is 7.00. The standard InChI is InChI=1S/C12H34OSi4/c1-11-12-17(15(5,6)7,16(8,9)10)13-14(2,3)4/h11-12H2,1-10H3. The van der Waals surface area contributed by atoms with Crippen molar-refractivity contribution in [3.05, 3.63) is 0 Å². The Kier molecular flexibility index (Phi) is 5.71. The normalized spacial score (nSPS) is 15.2. The molecule has 0 aliphatic carbocycles. The summed E-state index contributed by atoms with van der Waals surface area (Å²) < 4.78 is 7.00. The van der Waals surface area contributed by atoms with Gasteiger partial charge in [-0.15, -0.1) is 0 Å². The minimum Gasteiger partial charge on any atom is -0.460 e. The molecular weight excluding hydrogens is 272 g/mol. The van der Waals surface area contributed by atoms with Crippen LogP contribution in [0.1, 0.15) is 13.3 Å². The van der Waals surface area contributed by atoms with Crippen molar-refractivity contribution in [2.24, 2.45) is 0 Å². The highest BCUT2D eigenvalue weighted by molar-refractivity contribution is 7.67. The van der Waals surface area contributed by atoms with Crippen molar-refractivity contribution in [3.8, 4) is 0 Å². The first-order valence-corrected chi connectivity index (χ1v) is 21.5. The zero-order valence-corrected chi connectivity index (χ0v) is 17.8. The average Bonchev–Trinajstić information content (AvgIpc) is 1.96. The van der Waals surface area contributed by atoms with E-state index in [4.69, 9.17) is 4.12 Å². The van der Waals surface area contributed by atoms with Crippen LogP contribution >= 0.6 is 0 Å². The molecule has 0 aromatic heterocycles. The molecule has 0 saturated heterocycles. The molecule has 0 aromatic carbocycles. The quantitative estimate of drug-likeness (QED) is 0.626. The molecular formula is C12H34OSi4. The molecule has 0 unspecified atom stereocenters. The highest BCUT2D eigenvalue weighted by Crippen LogP contribution is 2.36. The summed E-state index contributed by atoms with van der Waals surface area (Å²) in [5.74, 6) is 0. The summed E-state index contributed by atoms with van der Waals surface area (Å²) in [6.07, 6.45) is 1.31. The third-order valence-electron chi connectivity index (χ3n) is 3.51. The lowest BCUT2D eigenvalue weighted by Gasteiger charge is -2.52. The number of hydrogen-bond donors (Lipinski definition) is 0. The van der Waals surface area contributed by atoms with Gasteiger partial charge in [0.2, 0.25) is 0 Å². The zero-order chi connectivity index (χ0) is 14.1. The largest absolute Gasteiger partial charge is 0.460 e. The van der Waals surface area contributed by atoms with Gasteiger partial charge in [-0.1, -0.05) is 52.6 Å². The molecule has 0 amide bonds. The Morgan fingerprint density at radius 2 is 1.06 bits per heavy atom. The SMILES string of the molecule is CCC[Si](O[Si](C)(C)C)([Si](C)(C)C)[Si](C)(C)C. The Labute approximate surface area is 113 Å². The summed E-state index contributed by atoms with van der Waals surface area (Å²) in [5, 5.41) is 0. The smallest absolute Gasteiger partial charge is 0.169 e. The van der Waals surface area contributed by atoms with E-state index in [2.05, 4.69) is 65.8 Å². The lowest BCUT2D eigenvalue weighted by Crippen LogP contribution is -2.75. The molecule has 0 fully saturated rings. The second kappa shape index (κ2) is 5.44. The predicted molar refractivity (Wildman–Crippen MR) is 92.0 cm³/mol. The van der Waals surface area contributed by atoms with E-state index in [1.165, 1.54) is 12.5 Å². The molecule has 0 rings (SSSR count). The van der Waals surface area contributed by atoms with Crippen molar-refractivity contribution >= 4 is 30.9 Å². The van der Waals surface area contributed by atoms with Crippen molar-refractivity contribution < 1.29 is 4.12 Å². The molecule has 0 spiro atoms. The summed E-state index contributed by atoms with van der Waals surface area (Å²) in [5.41, 5.74) is 0. The monoisotopic (exact) mass is 306 g/mol. The lowest BCUT2D eigenvalue weighted by molar-refractivity contribution is 0.568. The first kappa shape index (κ1) is 17.8. The van der Waals surface area contributed by atoms with Crippen molar-refractivity contribution in [2.45, 2.75) is 78.3 Å². The summed E-state index contributed by atoms with van der Waals surface area (Å²) in [6.45, 7) is 24.9. The van der Waals surface area contributed by atoms with Gasteiger partial charge in [0.1, 0.15) is 0 Å². The minimum atomic E-state index is -1.49. The topological polar surface area (TPSA) is 9.23 Å². The van der Waals surface area contributed by atoms with Crippen LogP contribution in [0.15, 0.2) is 0 Å². The zero-order valence-electron chi connectivity index (χ0n) is 13.8. The van der Waals surface area contributed by atoms with Gasteiger partial charge in [-0.05, 0) is 25.7 Å². The van der Waals surface area contributed by atoms with Crippen molar-refractivity contribution in [2.75, 3.05) is 0 Å². The minimum absolute atomic E-state index is 1.19. The molecule has 0 aliphatic rings. The third-order valence-corrected chi connectivity index (χ3v) is 44.8. The van der Waals surface area contributed by atoms with Crippen molar-refractivity contribution in [3.63, 3.8) is 0 Å². The van der Waals surface area contributed by atoms with Crippen LogP contribution in [0.4, 0.5) is 0 Å². The summed E-state index contributed by atoms with van der Waals surface area (Å²) in [4.78, 5) is 0. The van der Waals surface area contributed by atoms with E-state index in [0.29, 0.717) is 0 Å². The molecule has 0 bridgehead atoms. The first-order valence-electron chi connectivity index (χ1n) is 6.97. The van der Waals surface area contributed by atoms with Gasteiger partial charge in [-0.25, -0.2) is 0 Å². The molecule has 17 heavy (non-hydrogen) atoms. The second-order valence-corrected chi connectivity index (χ2v) is 39.8. The maximum Gasteiger partial charge on any atom is 0.169 e. The first-order chi connectivity index (χ1) is 7.27. The molecule has 1 nitrogen and oxygen atoms in total. The molecule has 0 atom stereocenters. The van der Waals surface area contributed by atoms with Gasteiger partial charge in [0.05, 0.1) is 15.2 Å². The van der Waals surface area contributed by atoms with Crippen molar-refractivity contribution in [1.29, 1.82) is 0 Å². The average molecular weight is 307 g/mol. The Morgan fingerprint density at radius 1 is 0.706 bits per heavy atom. The van der Waals surface area contributed by atoms with Gasteiger partial charge in [0, 0.05) is 0 Å². The Morgan fingerprint density at radius 3 is 1.24 bits per heavy atom. The lowest BCUT2D eigenvalue weighted by atomic mass is 10.6. The summed E-state index contributed by atoms with van der Waals surface area (Å²) >= 11 is 0. The van der Waals surface area contributed by atoms with E-state index in [9.17, 15) is 0 Å². The van der Waals surface area contributed by atoms with E-state index < -0.39 is 30.9 Å². The maximum atomic E-state index is 7.00. The van der Waals surface area contributed by atoms with Crippen LogP contribution in [0.5, 0.6) is 0 Å². The van der Waals surface area contributed by atoms with E-state index in [-0.39, 0.29) is 0 Å². The van der Waals surface area contributed by atoms with Gasteiger partial charge in [-0.3, -0.25) is 0 Å². The molecule has 0 N–H and O–H groups in total. The highest BCUT2D eigenvalue weighted by Gasteiger charge is 2.56. The van der Waals surface area contributed by atoms with Crippen LogP contribution in [0.2, 0.25) is 65.0 Å². The molecule has 0 aromatic rings. The molecule has 0 aliphatic heterocycles. The van der Waals surface area contributed by atoms with E-state index in [0.717, 1.165) is 0 Å². The van der Waals surface area contributed by atoms with Crippen LogP contribution in [0.3, 0.4) is 0 Å². The molecule has 104 valence electrons. The van der Waals surface area contributed by atoms with E-state index in [1.54, 1.807) is 0 Å². The fourth-order valence-electron chi connectivity index (χ4n) is 3.11. The van der Waals surface area contributed by atoms with Crippen LogP contribution in [-0.4, -0.2) is 30.9 Å². The van der Waals surface area contributed by atoms with E-state index >= 15 is 0 Å². The second-order valence-electron chi connectivity index (χ2n) is 8.29. The Hall–Kier alpha value is 0.828. The molecule has 0 saturated carbocycles. The fourth-order valence-corrected chi connectivity index (χ4v) is 58.6. The summed E-state index contributed by atoms with van der Waals surface area (Å²) in [7, 11) is -5.29. The van der Waals surface area contributed by atoms with Gasteiger partial charge in [0.25, 0.3) is 0 Å². The Bertz CT molecular complexity index is 231. The van der Waals surface area contributed by atoms with Gasteiger partial charge >= 0.3 is 0 Å². The van der Waals surface area contributed by atoms with Crippen LogP contribution in [-0.2, 0) is 4.12 Å². The molecule has 0 radical (unpaired) electrons. The van der Waals surface area contributed by atoms with Gasteiger partial charge in [0.15, 0.2) is 15.7 Å². The fraction of sp³-hybridized carbons (Fsp3) is 1.00. The van der Waals surface area contributed by atoms with Crippen LogP contribution < -0.4 is 0 Å².